The Balaban J connectivity index is 3.25. The van der Waals surface area contributed by atoms with E-state index in [-0.39, 0.29) is 5.56 Å². The minimum Gasteiger partial charge on any atom is -0.497 e. The lowest BCUT2D eigenvalue weighted by Crippen LogP contribution is -2.00. The van der Waals surface area contributed by atoms with Gasteiger partial charge in [0.05, 0.1) is 16.2 Å². The molecule has 0 aliphatic rings. The second kappa shape index (κ2) is 4.31. The fraction of sp³-hybridized carbons (Fsp3) is 0.125. The van der Waals surface area contributed by atoms with Gasteiger partial charge < -0.3 is 9.84 Å². The number of methoxy groups -OCH3 is 1. The maximum Gasteiger partial charge on any atom is 0.337 e. The van der Waals surface area contributed by atoms with Crippen molar-refractivity contribution in [1.82, 2.24) is 0 Å². The van der Waals surface area contributed by atoms with Crippen LogP contribution in [0.1, 0.15) is 10.4 Å². The Morgan fingerprint density at radius 2 is 2.23 bits per heavy atom. The molecule has 0 saturated heterocycles. The van der Waals surface area contributed by atoms with Gasteiger partial charge in [-0.15, -0.1) is 0 Å². The molecule has 0 bridgehead atoms. The zero-order valence-electron chi connectivity index (χ0n) is 6.78. The highest BCUT2D eigenvalue weighted by molar-refractivity contribution is 14.1. The number of carboxylic acids is 1. The Hall–Kier alpha value is -0.980. The third-order valence-electron chi connectivity index (χ3n) is 1.49. The molecule has 13 heavy (non-hydrogen) atoms. The molecular weight excluding hydrogens is 287 g/mol. The van der Waals surface area contributed by atoms with Crippen molar-refractivity contribution in [2.45, 2.75) is 0 Å². The normalized spacial score (nSPS) is 9.62. The lowest BCUT2D eigenvalue weighted by Gasteiger charge is -2.02. The van der Waals surface area contributed by atoms with Crippen molar-refractivity contribution in [3.63, 3.8) is 0 Å². The van der Waals surface area contributed by atoms with E-state index in [0.29, 0.717) is 9.32 Å². The largest absolute Gasteiger partial charge is 0.497 e. The van der Waals surface area contributed by atoms with Crippen LogP contribution in [0.3, 0.4) is 0 Å². The fourth-order valence-corrected chi connectivity index (χ4v) is 1.81. The van der Waals surface area contributed by atoms with Crippen LogP contribution in [0.25, 0.3) is 0 Å². The third kappa shape index (κ3) is 2.24. The predicted octanol–water partition coefficient (Wildman–Crippen LogP) is 1.88. The number of benzene rings is 1. The fourth-order valence-electron chi connectivity index (χ4n) is 0.863. The van der Waals surface area contributed by atoms with Crippen LogP contribution < -0.4 is 4.74 Å². The molecule has 0 aliphatic carbocycles. The predicted molar refractivity (Wildman–Crippen MR) is 53.4 cm³/mol. The average molecular weight is 294 g/mol. The molecule has 0 amide bonds. The smallest absolute Gasteiger partial charge is 0.337 e. The Kier molecular flexibility index (Phi) is 3.35. The van der Waals surface area contributed by atoms with E-state index in [9.17, 15) is 7.86 Å². The zero-order chi connectivity index (χ0) is 9.84. The van der Waals surface area contributed by atoms with E-state index in [0.717, 1.165) is 0 Å². The minimum atomic E-state index is -1.45. The number of carbonyl (C=O) groups is 1. The highest BCUT2D eigenvalue weighted by Gasteiger charge is 2.10. The number of halogens is 1. The van der Waals surface area contributed by atoms with Crippen molar-refractivity contribution in [2.24, 2.45) is 0 Å². The van der Waals surface area contributed by atoms with Gasteiger partial charge in [-0.1, -0.05) is 0 Å². The van der Waals surface area contributed by atoms with Crippen LogP contribution in [0.2, 0.25) is 0 Å². The molecule has 0 heterocycles. The Bertz CT molecular complexity index is 348. The molecule has 1 aromatic rings. The molecule has 4 nitrogen and oxygen atoms in total. The van der Waals surface area contributed by atoms with E-state index >= 15 is 0 Å². The quantitative estimate of drug-likeness (QED) is 0.865. The lowest BCUT2D eigenvalue weighted by atomic mass is 10.2. The van der Waals surface area contributed by atoms with Gasteiger partial charge in [-0.3, -0.25) is 3.07 Å². The van der Waals surface area contributed by atoms with Gasteiger partial charge >= 0.3 is 5.97 Å². The molecular formula is C8H7IO4. The van der Waals surface area contributed by atoms with Crippen molar-refractivity contribution in [3.8, 4) is 5.75 Å². The first-order chi connectivity index (χ1) is 6.19. The Labute approximate surface area is 85.2 Å². The molecule has 0 radical (unpaired) electrons. The summed E-state index contributed by atoms with van der Waals surface area (Å²) >= 11 is -1.45. The molecule has 0 aliphatic heterocycles. The second-order valence-corrected chi connectivity index (χ2v) is 3.83. The van der Waals surface area contributed by atoms with Crippen LogP contribution in [0, 0.1) is 3.57 Å². The molecule has 1 aromatic carbocycles. The lowest BCUT2D eigenvalue weighted by molar-refractivity contribution is 0.0695. The summed E-state index contributed by atoms with van der Waals surface area (Å²) in [5, 5.41) is 8.74. The highest BCUT2D eigenvalue weighted by atomic mass is 127. The standard InChI is InChI=1S/C8H7IO4/c1-13-5-2-3-7(9-12)6(4-5)8(10)11/h2-4H,1H3,(H,10,11). The maximum absolute atomic E-state index is 10.7. The molecule has 70 valence electrons. The van der Waals surface area contributed by atoms with Gasteiger partial charge in [-0.05, 0) is 18.2 Å². The topological polar surface area (TPSA) is 63.6 Å². The summed E-state index contributed by atoms with van der Waals surface area (Å²) in [6.45, 7) is 0. The van der Waals surface area contributed by atoms with E-state index in [2.05, 4.69) is 0 Å². The van der Waals surface area contributed by atoms with Crippen molar-refractivity contribution in [2.75, 3.05) is 7.11 Å². The first-order valence-electron chi connectivity index (χ1n) is 3.37. The number of rotatable bonds is 3. The highest BCUT2D eigenvalue weighted by Crippen LogP contribution is 2.21. The van der Waals surface area contributed by atoms with Crippen LogP contribution in [-0.2, 0) is 3.07 Å². The zero-order valence-corrected chi connectivity index (χ0v) is 8.94. The molecule has 0 aromatic heterocycles. The van der Waals surface area contributed by atoms with E-state index in [4.69, 9.17) is 9.84 Å². The number of hydrogen-bond acceptors (Lipinski definition) is 3. The molecule has 0 saturated carbocycles. The van der Waals surface area contributed by atoms with Crippen molar-refractivity contribution in [3.05, 3.63) is 27.3 Å². The molecule has 1 N–H and O–H groups in total. The monoisotopic (exact) mass is 294 g/mol. The Morgan fingerprint density at radius 3 is 2.69 bits per heavy atom. The molecule has 0 spiro atoms. The van der Waals surface area contributed by atoms with Gasteiger partial charge in [0.25, 0.3) is 0 Å². The Morgan fingerprint density at radius 1 is 1.54 bits per heavy atom. The second-order valence-electron chi connectivity index (χ2n) is 2.23. The number of hydrogen-bond donors (Lipinski definition) is 1. The first kappa shape index (κ1) is 10.1. The van der Waals surface area contributed by atoms with Gasteiger partial charge in [0.1, 0.15) is 5.75 Å². The SMILES string of the molecule is COc1ccc(I=O)c(C(=O)O)c1. The van der Waals surface area contributed by atoms with Crippen molar-refractivity contribution < 1.29 is 17.7 Å². The molecule has 1 rings (SSSR count). The van der Waals surface area contributed by atoms with E-state index in [1.165, 1.54) is 19.2 Å². The van der Waals surface area contributed by atoms with Gasteiger partial charge in [0.15, 0.2) is 21.2 Å². The van der Waals surface area contributed by atoms with Crippen molar-refractivity contribution >= 4 is 27.2 Å². The summed E-state index contributed by atoms with van der Waals surface area (Å²) in [6, 6.07) is 4.48. The van der Waals surface area contributed by atoms with Gasteiger partial charge in [0, 0.05) is 0 Å². The van der Waals surface area contributed by atoms with E-state index < -0.39 is 27.2 Å². The minimum absolute atomic E-state index is 0.0575. The van der Waals surface area contributed by atoms with Crippen LogP contribution in [0.15, 0.2) is 18.2 Å². The van der Waals surface area contributed by atoms with Crippen molar-refractivity contribution in [1.29, 1.82) is 0 Å². The van der Waals surface area contributed by atoms with Gasteiger partial charge in [-0.25, -0.2) is 4.79 Å². The summed E-state index contributed by atoms with van der Waals surface area (Å²) in [5.41, 5.74) is 0.0575. The van der Waals surface area contributed by atoms with Gasteiger partial charge in [-0.2, -0.15) is 0 Å². The molecule has 0 atom stereocenters. The van der Waals surface area contributed by atoms with Crippen LogP contribution in [0.4, 0.5) is 0 Å². The van der Waals surface area contributed by atoms with Crippen LogP contribution in [-0.4, -0.2) is 18.2 Å². The van der Waals surface area contributed by atoms with Crippen LogP contribution >= 0.6 is 21.2 Å². The molecule has 0 unspecified atom stereocenters. The van der Waals surface area contributed by atoms with E-state index in [1.54, 1.807) is 6.07 Å². The average Bonchev–Trinajstić information content (AvgIpc) is 2.16. The summed E-state index contributed by atoms with van der Waals surface area (Å²) < 4.78 is 15.9. The number of aromatic carboxylic acids is 1. The summed E-state index contributed by atoms with van der Waals surface area (Å²) in [4.78, 5) is 10.7. The maximum atomic E-state index is 10.7. The number of ether oxygens (including phenoxy) is 1. The van der Waals surface area contributed by atoms with Crippen LogP contribution in [0.5, 0.6) is 5.75 Å². The molecule has 0 fully saturated rings. The first-order valence-corrected chi connectivity index (χ1v) is 5.33. The third-order valence-corrected chi connectivity index (χ3v) is 2.90. The number of carboxylic acid groups (broad SMARTS) is 1. The summed E-state index contributed by atoms with van der Waals surface area (Å²) in [5.74, 6) is -0.622. The molecule has 5 heteroatoms. The van der Waals surface area contributed by atoms with Gasteiger partial charge in [0.2, 0.25) is 0 Å². The summed E-state index contributed by atoms with van der Waals surface area (Å²) in [6.07, 6.45) is 0. The van der Waals surface area contributed by atoms with E-state index in [1.807, 2.05) is 0 Å². The summed E-state index contributed by atoms with van der Waals surface area (Å²) in [7, 11) is 1.45.